The first-order valence-corrected chi connectivity index (χ1v) is 5.66. The Labute approximate surface area is 91.4 Å². The van der Waals surface area contributed by atoms with Gasteiger partial charge in [0, 0.05) is 18.6 Å². The van der Waals surface area contributed by atoms with Gasteiger partial charge in [-0.15, -0.1) is 0 Å². The first-order chi connectivity index (χ1) is 7.16. The summed E-state index contributed by atoms with van der Waals surface area (Å²) in [6.45, 7) is 5.56. The molecule has 1 N–H and O–H groups in total. The summed E-state index contributed by atoms with van der Waals surface area (Å²) in [6, 6.07) is 5.55. The van der Waals surface area contributed by atoms with Gasteiger partial charge in [0.2, 0.25) is 0 Å². The van der Waals surface area contributed by atoms with Gasteiger partial charge in [0.1, 0.15) is 5.76 Å². The molecule has 2 unspecified atom stereocenters. The molecule has 15 heavy (non-hydrogen) atoms. The molecule has 3 heteroatoms. The monoisotopic (exact) mass is 208 g/mol. The molecule has 2 heterocycles. The molecule has 0 aliphatic carbocycles. The number of hydrogen-bond donors (Lipinski definition) is 1. The molecule has 1 fully saturated rings. The number of rotatable bonds is 3. The van der Waals surface area contributed by atoms with Gasteiger partial charge in [-0.3, -0.25) is 0 Å². The molecule has 0 bridgehead atoms. The Hall–Kier alpha value is -0.800. The SMILES string of the molecule is CC1CC(N[C@H](C)c2ccco2)CN1C. The van der Waals surface area contributed by atoms with Crippen molar-refractivity contribution >= 4 is 0 Å². The topological polar surface area (TPSA) is 28.4 Å². The Morgan fingerprint density at radius 3 is 2.93 bits per heavy atom. The second kappa shape index (κ2) is 4.37. The molecule has 2 rings (SSSR count). The van der Waals surface area contributed by atoms with E-state index in [1.807, 2.05) is 12.1 Å². The number of hydrogen-bond acceptors (Lipinski definition) is 3. The summed E-state index contributed by atoms with van der Waals surface area (Å²) in [5.74, 6) is 1.03. The maximum atomic E-state index is 5.38. The van der Waals surface area contributed by atoms with Crippen LogP contribution in [0.2, 0.25) is 0 Å². The van der Waals surface area contributed by atoms with E-state index in [0.717, 1.165) is 12.3 Å². The Bertz CT molecular complexity index is 287. The number of nitrogens with zero attached hydrogens (tertiary/aromatic N) is 1. The standard InChI is InChI=1S/C12H20N2O/c1-9-7-11(8-14(9)3)13-10(2)12-5-4-6-15-12/h4-6,9-11,13H,7-8H2,1-3H3/t9?,10-,11?/m1/s1. The van der Waals surface area contributed by atoms with E-state index in [1.54, 1.807) is 6.26 Å². The van der Waals surface area contributed by atoms with Crippen LogP contribution in [0.25, 0.3) is 0 Å². The van der Waals surface area contributed by atoms with Gasteiger partial charge in [0.05, 0.1) is 12.3 Å². The third kappa shape index (κ3) is 2.41. The number of likely N-dealkylation sites (N-methyl/N-ethyl adjacent to an activating group) is 1. The fourth-order valence-corrected chi connectivity index (χ4v) is 2.29. The summed E-state index contributed by atoms with van der Waals surface area (Å²) in [5, 5.41) is 3.61. The van der Waals surface area contributed by atoms with Crippen LogP contribution < -0.4 is 5.32 Å². The van der Waals surface area contributed by atoms with E-state index >= 15 is 0 Å². The maximum absolute atomic E-state index is 5.38. The summed E-state index contributed by atoms with van der Waals surface area (Å²) >= 11 is 0. The highest BCUT2D eigenvalue weighted by molar-refractivity contribution is 5.04. The second-order valence-electron chi connectivity index (χ2n) is 4.62. The lowest BCUT2D eigenvalue weighted by molar-refractivity contribution is 0.322. The predicted octanol–water partition coefficient (Wildman–Crippen LogP) is 2.02. The van der Waals surface area contributed by atoms with Crippen molar-refractivity contribution < 1.29 is 4.42 Å². The predicted molar refractivity (Wildman–Crippen MR) is 60.8 cm³/mol. The average Bonchev–Trinajstić information content (AvgIpc) is 2.77. The quantitative estimate of drug-likeness (QED) is 0.823. The zero-order chi connectivity index (χ0) is 10.8. The molecular weight excluding hydrogens is 188 g/mol. The molecule has 0 spiro atoms. The molecule has 0 radical (unpaired) electrons. The molecule has 0 aromatic carbocycles. The van der Waals surface area contributed by atoms with E-state index < -0.39 is 0 Å². The van der Waals surface area contributed by atoms with Crippen molar-refractivity contribution in [2.24, 2.45) is 0 Å². The smallest absolute Gasteiger partial charge is 0.120 e. The molecule has 1 aliphatic heterocycles. The van der Waals surface area contributed by atoms with Crippen LogP contribution in [0.15, 0.2) is 22.8 Å². The Balaban J connectivity index is 1.88. The minimum atomic E-state index is 0.309. The summed E-state index contributed by atoms with van der Waals surface area (Å²) in [6.07, 6.45) is 2.96. The van der Waals surface area contributed by atoms with Crippen LogP contribution >= 0.6 is 0 Å². The van der Waals surface area contributed by atoms with E-state index in [4.69, 9.17) is 4.42 Å². The van der Waals surface area contributed by atoms with Crippen molar-refractivity contribution in [3.8, 4) is 0 Å². The van der Waals surface area contributed by atoms with Gasteiger partial charge >= 0.3 is 0 Å². The van der Waals surface area contributed by atoms with Crippen LogP contribution in [-0.2, 0) is 0 Å². The molecule has 3 atom stereocenters. The first kappa shape index (κ1) is 10.7. The summed E-state index contributed by atoms with van der Waals surface area (Å²) in [5.41, 5.74) is 0. The van der Waals surface area contributed by atoms with Crippen molar-refractivity contribution in [1.29, 1.82) is 0 Å². The van der Waals surface area contributed by atoms with E-state index in [2.05, 4.69) is 31.1 Å². The zero-order valence-electron chi connectivity index (χ0n) is 9.73. The maximum Gasteiger partial charge on any atom is 0.120 e. The lowest BCUT2D eigenvalue weighted by atomic mass is 10.1. The fraction of sp³-hybridized carbons (Fsp3) is 0.667. The molecule has 1 aromatic rings. The van der Waals surface area contributed by atoms with Crippen LogP contribution in [0.5, 0.6) is 0 Å². The number of furan rings is 1. The third-order valence-electron chi connectivity index (χ3n) is 3.34. The number of nitrogens with one attached hydrogen (secondary N) is 1. The van der Waals surface area contributed by atoms with Gasteiger partial charge in [0.25, 0.3) is 0 Å². The minimum Gasteiger partial charge on any atom is -0.468 e. The van der Waals surface area contributed by atoms with Crippen molar-refractivity contribution in [1.82, 2.24) is 10.2 Å². The van der Waals surface area contributed by atoms with Crippen LogP contribution in [0, 0.1) is 0 Å². The van der Waals surface area contributed by atoms with E-state index in [0.29, 0.717) is 18.1 Å². The molecule has 1 aromatic heterocycles. The fourth-order valence-electron chi connectivity index (χ4n) is 2.29. The highest BCUT2D eigenvalue weighted by Crippen LogP contribution is 2.19. The van der Waals surface area contributed by atoms with Crippen molar-refractivity contribution in [2.75, 3.05) is 13.6 Å². The second-order valence-corrected chi connectivity index (χ2v) is 4.62. The summed E-state index contributed by atoms with van der Waals surface area (Å²) < 4.78 is 5.38. The largest absolute Gasteiger partial charge is 0.468 e. The van der Waals surface area contributed by atoms with Gasteiger partial charge in [-0.2, -0.15) is 0 Å². The third-order valence-corrected chi connectivity index (χ3v) is 3.34. The molecule has 0 saturated carbocycles. The van der Waals surface area contributed by atoms with Gasteiger partial charge in [0.15, 0.2) is 0 Å². The van der Waals surface area contributed by atoms with Crippen LogP contribution in [0.4, 0.5) is 0 Å². The molecule has 1 saturated heterocycles. The van der Waals surface area contributed by atoms with E-state index in [1.165, 1.54) is 6.42 Å². The highest BCUT2D eigenvalue weighted by Gasteiger charge is 2.27. The van der Waals surface area contributed by atoms with Gasteiger partial charge < -0.3 is 14.6 Å². The van der Waals surface area contributed by atoms with Crippen LogP contribution in [0.3, 0.4) is 0 Å². The van der Waals surface area contributed by atoms with Crippen molar-refractivity contribution in [3.63, 3.8) is 0 Å². The summed E-state index contributed by atoms with van der Waals surface area (Å²) in [7, 11) is 2.18. The van der Waals surface area contributed by atoms with E-state index in [-0.39, 0.29) is 0 Å². The zero-order valence-corrected chi connectivity index (χ0v) is 9.73. The van der Waals surface area contributed by atoms with E-state index in [9.17, 15) is 0 Å². The van der Waals surface area contributed by atoms with Crippen LogP contribution in [0.1, 0.15) is 32.1 Å². The average molecular weight is 208 g/mol. The van der Waals surface area contributed by atoms with Crippen molar-refractivity contribution in [2.45, 2.75) is 38.4 Å². The summed E-state index contributed by atoms with van der Waals surface area (Å²) in [4.78, 5) is 2.40. The molecular formula is C12H20N2O. The number of likely N-dealkylation sites (tertiary alicyclic amines) is 1. The molecule has 3 nitrogen and oxygen atoms in total. The lowest BCUT2D eigenvalue weighted by Gasteiger charge is -2.17. The van der Waals surface area contributed by atoms with Gasteiger partial charge in [-0.05, 0) is 39.4 Å². The first-order valence-electron chi connectivity index (χ1n) is 5.66. The molecule has 0 amide bonds. The van der Waals surface area contributed by atoms with Gasteiger partial charge in [-0.25, -0.2) is 0 Å². The van der Waals surface area contributed by atoms with Gasteiger partial charge in [-0.1, -0.05) is 0 Å². The normalized spacial score (nSPS) is 29.5. The Kier molecular flexibility index (Phi) is 3.12. The van der Waals surface area contributed by atoms with Crippen molar-refractivity contribution in [3.05, 3.63) is 24.2 Å². The Morgan fingerprint density at radius 1 is 1.60 bits per heavy atom. The highest BCUT2D eigenvalue weighted by atomic mass is 16.3. The molecule has 84 valence electrons. The van der Waals surface area contributed by atoms with Crippen LogP contribution in [-0.4, -0.2) is 30.6 Å². The molecule has 1 aliphatic rings. The Morgan fingerprint density at radius 2 is 2.40 bits per heavy atom. The lowest BCUT2D eigenvalue weighted by Crippen LogP contribution is -2.33. The minimum absolute atomic E-state index is 0.309.